The van der Waals surface area contributed by atoms with Crippen LogP contribution >= 0.6 is 0 Å². The molecule has 1 aliphatic rings. The molecule has 4 nitrogen and oxygen atoms in total. The molecule has 1 aliphatic heterocycles. The van der Waals surface area contributed by atoms with E-state index in [0.717, 1.165) is 38.3 Å². The molecule has 1 aromatic rings. The Bertz CT molecular complexity index is 453. The fraction of sp³-hybridized carbons (Fsp3) is 0.600. The van der Waals surface area contributed by atoms with Gasteiger partial charge in [-0.1, -0.05) is 35.3 Å². The van der Waals surface area contributed by atoms with Crippen LogP contribution in [0.5, 0.6) is 0 Å². The lowest BCUT2D eigenvalue weighted by molar-refractivity contribution is -0.00984. The topological polar surface area (TPSA) is 52.6 Å². The van der Waals surface area contributed by atoms with Gasteiger partial charge in [0.15, 0.2) is 0 Å². The Hall–Kier alpha value is -0.750. The molecule has 0 radical (unpaired) electrons. The maximum Gasteiger partial charge on any atom is 0.0594 e. The molecule has 1 atom stereocenters. The minimum atomic E-state index is -2.02. The third-order valence-electron chi connectivity index (χ3n) is 3.81. The van der Waals surface area contributed by atoms with Crippen molar-refractivity contribution in [3.63, 3.8) is 0 Å². The summed E-state index contributed by atoms with van der Waals surface area (Å²) in [6, 6.07) is 7.87. The van der Waals surface area contributed by atoms with Crippen LogP contribution in [0.25, 0.3) is 0 Å². The lowest BCUT2D eigenvalue weighted by atomic mass is 9.92. The van der Waals surface area contributed by atoms with Crippen LogP contribution in [0.1, 0.15) is 25.0 Å². The molecule has 1 aromatic carbocycles. The molecule has 5 heteroatoms. The van der Waals surface area contributed by atoms with Crippen LogP contribution in [0.2, 0.25) is 0 Å². The average Bonchev–Trinajstić information content (AvgIpc) is 2.41. The quantitative estimate of drug-likeness (QED) is 0.776. The summed E-state index contributed by atoms with van der Waals surface area (Å²) >= 11 is -2.02. The van der Waals surface area contributed by atoms with E-state index in [2.05, 4.69) is 18.7 Å². The zero-order valence-corrected chi connectivity index (χ0v) is 12.9. The van der Waals surface area contributed by atoms with Crippen LogP contribution in [0.15, 0.2) is 24.3 Å². The van der Waals surface area contributed by atoms with Crippen molar-refractivity contribution in [2.75, 3.05) is 26.3 Å². The number of nitrogens with zero attached hydrogens (tertiary/aromatic N) is 1. The molecule has 2 rings (SSSR count). The van der Waals surface area contributed by atoms with Crippen molar-refractivity contribution in [3.8, 4) is 0 Å². The standard InChI is InChI=1S/C15H23NO3S/c1-15(2,16-7-9-19-10-8-16)11-13-3-5-14(6-4-13)12-20(17)18/h3-6H,7-12H2,1-2H3,(H,17,18)/p-1. The van der Waals surface area contributed by atoms with E-state index in [1.165, 1.54) is 5.56 Å². The van der Waals surface area contributed by atoms with E-state index in [1.54, 1.807) is 0 Å². The van der Waals surface area contributed by atoms with Crippen molar-refractivity contribution >= 4 is 11.1 Å². The molecule has 1 saturated heterocycles. The molecule has 0 aromatic heterocycles. The largest absolute Gasteiger partial charge is 0.772 e. The zero-order chi connectivity index (χ0) is 14.6. The van der Waals surface area contributed by atoms with Gasteiger partial charge in [-0.25, -0.2) is 0 Å². The van der Waals surface area contributed by atoms with Gasteiger partial charge in [0.2, 0.25) is 0 Å². The van der Waals surface area contributed by atoms with Crippen LogP contribution < -0.4 is 0 Å². The fourth-order valence-electron chi connectivity index (χ4n) is 2.67. The average molecular weight is 296 g/mol. The Morgan fingerprint density at radius 1 is 1.20 bits per heavy atom. The van der Waals surface area contributed by atoms with Gasteiger partial charge in [-0.3, -0.25) is 9.11 Å². The molecule has 20 heavy (non-hydrogen) atoms. The van der Waals surface area contributed by atoms with Crippen LogP contribution in [0.3, 0.4) is 0 Å². The summed E-state index contributed by atoms with van der Waals surface area (Å²) in [6.07, 6.45) is 0.952. The van der Waals surface area contributed by atoms with Crippen molar-refractivity contribution in [1.29, 1.82) is 0 Å². The van der Waals surface area contributed by atoms with Gasteiger partial charge in [0.25, 0.3) is 0 Å². The molecule has 0 spiro atoms. The van der Waals surface area contributed by atoms with Gasteiger partial charge in [-0.05, 0) is 31.4 Å². The highest BCUT2D eigenvalue weighted by atomic mass is 32.2. The predicted molar refractivity (Wildman–Crippen MR) is 79.2 cm³/mol. The van der Waals surface area contributed by atoms with E-state index in [1.807, 2.05) is 24.3 Å². The lowest BCUT2D eigenvalue weighted by Gasteiger charge is -2.41. The van der Waals surface area contributed by atoms with E-state index in [0.29, 0.717) is 0 Å². The van der Waals surface area contributed by atoms with Gasteiger partial charge in [-0.2, -0.15) is 0 Å². The highest BCUT2D eigenvalue weighted by Gasteiger charge is 2.28. The first-order valence-electron chi connectivity index (χ1n) is 6.94. The van der Waals surface area contributed by atoms with Crippen molar-refractivity contribution in [3.05, 3.63) is 35.4 Å². The SMILES string of the molecule is CC(C)(Cc1ccc(CS(=O)[O-])cc1)N1CCOCC1. The Balaban J connectivity index is 1.99. The van der Waals surface area contributed by atoms with Crippen LogP contribution in [0, 0.1) is 0 Å². The molecule has 112 valence electrons. The highest BCUT2D eigenvalue weighted by molar-refractivity contribution is 7.78. The summed E-state index contributed by atoms with van der Waals surface area (Å²) in [7, 11) is 0. The van der Waals surface area contributed by atoms with E-state index in [4.69, 9.17) is 4.74 Å². The Morgan fingerprint density at radius 3 is 2.30 bits per heavy atom. The number of rotatable bonds is 5. The first-order valence-corrected chi connectivity index (χ1v) is 8.18. The third kappa shape index (κ3) is 4.38. The second-order valence-electron chi connectivity index (χ2n) is 5.85. The molecule has 0 amide bonds. The number of morpholine rings is 1. The summed E-state index contributed by atoms with van der Waals surface area (Å²) < 4.78 is 26.7. The first-order chi connectivity index (χ1) is 9.47. The molecule has 1 heterocycles. The summed E-state index contributed by atoms with van der Waals surface area (Å²) in [5.74, 6) is 0.0904. The normalized spacial score (nSPS) is 18.9. The maximum atomic E-state index is 10.7. The number of hydrogen-bond acceptors (Lipinski definition) is 4. The second-order valence-corrected chi connectivity index (χ2v) is 6.75. The lowest BCUT2D eigenvalue weighted by Crippen LogP contribution is -2.51. The smallest absolute Gasteiger partial charge is 0.0594 e. The molecule has 0 N–H and O–H groups in total. The highest BCUT2D eigenvalue weighted by Crippen LogP contribution is 2.22. The number of benzene rings is 1. The van der Waals surface area contributed by atoms with E-state index >= 15 is 0 Å². The third-order valence-corrected chi connectivity index (χ3v) is 4.38. The summed E-state index contributed by atoms with van der Waals surface area (Å²) in [4.78, 5) is 2.46. The Morgan fingerprint density at radius 2 is 1.75 bits per heavy atom. The molecule has 0 saturated carbocycles. The van der Waals surface area contributed by atoms with E-state index < -0.39 is 11.1 Å². The summed E-state index contributed by atoms with van der Waals surface area (Å²) in [5, 5.41) is 0. The fourth-order valence-corrected chi connectivity index (χ4v) is 3.13. The molecule has 0 bridgehead atoms. The van der Waals surface area contributed by atoms with Crippen molar-refractivity contribution in [2.45, 2.75) is 31.6 Å². The Kier molecular flexibility index (Phi) is 5.32. The summed E-state index contributed by atoms with van der Waals surface area (Å²) in [6.45, 7) is 8.05. The number of hydrogen-bond donors (Lipinski definition) is 0. The summed E-state index contributed by atoms with van der Waals surface area (Å²) in [5.41, 5.74) is 2.17. The molecule has 1 fully saturated rings. The zero-order valence-electron chi connectivity index (χ0n) is 12.1. The van der Waals surface area contributed by atoms with Gasteiger partial charge in [0, 0.05) is 24.4 Å². The van der Waals surface area contributed by atoms with Crippen LogP contribution in [0.4, 0.5) is 0 Å². The molecule has 0 aliphatic carbocycles. The Labute approximate surface area is 123 Å². The minimum absolute atomic E-state index is 0.0899. The predicted octanol–water partition coefficient (Wildman–Crippen LogP) is 1.72. The van der Waals surface area contributed by atoms with Crippen molar-refractivity contribution in [2.24, 2.45) is 0 Å². The number of ether oxygens (including phenoxy) is 1. The maximum absolute atomic E-state index is 10.7. The molecular formula is C15H22NO3S-. The van der Waals surface area contributed by atoms with Crippen molar-refractivity contribution < 1.29 is 13.5 Å². The second kappa shape index (κ2) is 6.80. The monoisotopic (exact) mass is 296 g/mol. The van der Waals surface area contributed by atoms with Crippen LogP contribution in [-0.2, 0) is 28.0 Å². The minimum Gasteiger partial charge on any atom is -0.772 e. The first kappa shape index (κ1) is 15.6. The van der Waals surface area contributed by atoms with E-state index in [9.17, 15) is 8.76 Å². The van der Waals surface area contributed by atoms with Gasteiger partial charge in [0.1, 0.15) is 0 Å². The van der Waals surface area contributed by atoms with Gasteiger partial charge < -0.3 is 9.29 Å². The van der Waals surface area contributed by atoms with Crippen LogP contribution in [-0.4, -0.2) is 45.5 Å². The molecular weight excluding hydrogens is 274 g/mol. The van der Waals surface area contributed by atoms with Gasteiger partial charge in [0.05, 0.1) is 13.2 Å². The van der Waals surface area contributed by atoms with Gasteiger partial charge in [-0.15, -0.1) is 0 Å². The van der Waals surface area contributed by atoms with E-state index in [-0.39, 0.29) is 11.3 Å². The van der Waals surface area contributed by atoms with Gasteiger partial charge >= 0.3 is 0 Å². The molecule has 1 unspecified atom stereocenters. The van der Waals surface area contributed by atoms with Crippen molar-refractivity contribution in [1.82, 2.24) is 4.90 Å².